The highest BCUT2D eigenvalue weighted by Gasteiger charge is 2.22. The first kappa shape index (κ1) is 17.5. The zero-order chi connectivity index (χ0) is 15.5. The van der Waals surface area contributed by atoms with Gasteiger partial charge in [-0.25, -0.2) is 8.93 Å². The Bertz CT molecular complexity index is 500. The van der Waals surface area contributed by atoms with Gasteiger partial charge in [0.15, 0.2) is 11.5 Å². The normalized spacial score (nSPS) is 14.8. The van der Waals surface area contributed by atoms with Gasteiger partial charge in [0.25, 0.3) is 0 Å². The molecule has 0 fully saturated rings. The van der Waals surface area contributed by atoms with Crippen LogP contribution >= 0.6 is 15.9 Å². The van der Waals surface area contributed by atoms with Crippen molar-refractivity contribution < 1.29 is 13.7 Å². The van der Waals surface area contributed by atoms with Gasteiger partial charge in [0, 0.05) is 6.04 Å². The third-order valence-corrected chi connectivity index (χ3v) is 5.06. The molecule has 1 N–H and O–H groups in total. The Morgan fingerprint density at radius 1 is 1.25 bits per heavy atom. The molecule has 1 aromatic rings. The fraction of sp³-hybridized carbons (Fsp3) is 0.571. The summed E-state index contributed by atoms with van der Waals surface area (Å²) in [7, 11) is 2.06. The molecule has 114 valence electrons. The van der Waals surface area contributed by atoms with Gasteiger partial charge < -0.3 is 9.47 Å². The molecule has 0 aliphatic carbocycles. The summed E-state index contributed by atoms with van der Waals surface area (Å²) in [5.41, 5.74) is 0.979. The minimum absolute atomic E-state index is 0.0637. The third kappa shape index (κ3) is 4.20. The van der Waals surface area contributed by atoms with E-state index in [4.69, 9.17) is 9.47 Å². The van der Waals surface area contributed by atoms with Gasteiger partial charge in [-0.1, -0.05) is 0 Å². The SMILES string of the molecule is COc1cc([C@@H](C)N[S@@](=O)C(C)(C)C)cc(Br)c1OC. The van der Waals surface area contributed by atoms with Crippen molar-refractivity contribution in [2.24, 2.45) is 0 Å². The summed E-state index contributed by atoms with van der Waals surface area (Å²) in [5.74, 6) is 1.30. The van der Waals surface area contributed by atoms with E-state index in [1.807, 2.05) is 39.8 Å². The van der Waals surface area contributed by atoms with Crippen molar-refractivity contribution in [3.63, 3.8) is 0 Å². The fourth-order valence-electron chi connectivity index (χ4n) is 1.59. The van der Waals surface area contributed by atoms with Crippen LogP contribution in [0.2, 0.25) is 0 Å². The lowest BCUT2D eigenvalue weighted by atomic mass is 10.1. The quantitative estimate of drug-likeness (QED) is 0.869. The lowest BCUT2D eigenvalue weighted by molar-refractivity contribution is 0.352. The average molecular weight is 364 g/mol. The van der Waals surface area contributed by atoms with Crippen molar-refractivity contribution >= 4 is 26.9 Å². The van der Waals surface area contributed by atoms with Crippen LogP contribution in [0.1, 0.15) is 39.3 Å². The Morgan fingerprint density at radius 2 is 1.85 bits per heavy atom. The molecule has 0 aliphatic heterocycles. The van der Waals surface area contributed by atoms with Gasteiger partial charge in [-0.05, 0) is 61.3 Å². The highest BCUT2D eigenvalue weighted by atomic mass is 79.9. The van der Waals surface area contributed by atoms with Crippen LogP contribution in [0.4, 0.5) is 0 Å². The zero-order valence-electron chi connectivity index (χ0n) is 12.7. The van der Waals surface area contributed by atoms with E-state index in [-0.39, 0.29) is 10.8 Å². The highest BCUT2D eigenvalue weighted by Crippen LogP contribution is 2.37. The number of ether oxygens (including phenoxy) is 2. The van der Waals surface area contributed by atoms with Crippen molar-refractivity contribution in [3.8, 4) is 11.5 Å². The van der Waals surface area contributed by atoms with Crippen molar-refractivity contribution in [1.29, 1.82) is 0 Å². The molecule has 0 amide bonds. The summed E-state index contributed by atoms with van der Waals surface area (Å²) in [6.45, 7) is 7.78. The van der Waals surface area contributed by atoms with Crippen LogP contribution in [0.15, 0.2) is 16.6 Å². The Balaban J connectivity index is 3.03. The predicted octanol–water partition coefficient (Wildman–Crippen LogP) is 3.58. The lowest BCUT2D eigenvalue weighted by Crippen LogP contribution is -2.34. The number of halogens is 1. The van der Waals surface area contributed by atoms with Crippen LogP contribution in [-0.2, 0) is 11.0 Å². The van der Waals surface area contributed by atoms with Crippen molar-refractivity contribution in [1.82, 2.24) is 4.72 Å². The van der Waals surface area contributed by atoms with E-state index < -0.39 is 11.0 Å². The Morgan fingerprint density at radius 3 is 2.30 bits per heavy atom. The van der Waals surface area contributed by atoms with Crippen LogP contribution in [0.3, 0.4) is 0 Å². The monoisotopic (exact) mass is 363 g/mol. The summed E-state index contributed by atoms with van der Waals surface area (Å²) in [5, 5.41) is 0. The standard InChI is InChI=1S/C14H22BrNO3S/c1-9(16-20(17)14(2,3)4)10-7-11(15)13(19-6)12(8-10)18-5/h7-9,16H,1-6H3/t9-,20+/m1/s1. The summed E-state index contributed by atoms with van der Waals surface area (Å²) < 4.78 is 26.4. The number of hydrogen-bond acceptors (Lipinski definition) is 3. The molecule has 0 bridgehead atoms. The van der Waals surface area contributed by atoms with Gasteiger partial charge in [-0.3, -0.25) is 0 Å². The molecule has 4 nitrogen and oxygen atoms in total. The van der Waals surface area contributed by atoms with Gasteiger partial charge in [0.1, 0.15) is 0 Å². The largest absolute Gasteiger partial charge is 0.493 e. The van der Waals surface area contributed by atoms with Crippen LogP contribution in [0, 0.1) is 0 Å². The first-order chi connectivity index (χ1) is 9.20. The Labute approximate surface area is 132 Å². The lowest BCUT2D eigenvalue weighted by Gasteiger charge is -2.23. The number of nitrogens with one attached hydrogen (secondary N) is 1. The maximum absolute atomic E-state index is 12.1. The predicted molar refractivity (Wildman–Crippen MR) is 86.7 cm³/mol. The molecule has 0 saturated carbocycles. The smallest absolute Gasteiger partial charge is 0.174 e. The van der Waals surface area contributed by atoms with E-state index in [0.29, 0.717) is 11.5 Å². The Hall–Kier alpha value is -0.590. The number of methoxy groups -OCH3 is 2. The van der Waals surface area contributed by atoms with Crippen LogP contribution in [-0.4, -0.2) is 23.2 Å². The van der Waals surface area contributed by atoms with E-state index in [1.54, 1.807) is 14.2 Å². The first-order valence-electron chi connectivity index (χ1n) is 6.30. The molecule has 1 rings (SSSR count). The van der Waals surface area contributed by atoms with Gasteiger partial charge >= 0.3 is 0 Å². The molecule has 0 unspecified atom stereocenters. The zero-order valence-corrected chi connectivity index (χ0v) is 15.1. The topological polar surface area (TPSA) is 47.6 Å². The molecular weight excluding hydrogens is 342 g/mol. The molecule has 20 heavy (non-hydrogen) atoms. The second kappa shape index (κ2) is 6.91. The average Bonchev–Trinajstić information content (AvgIpc) is 2.36. The highest BCUT2D eigenvalue weighted by molar-refractivity contribution is 9.10. The summed E-state index contributed by atoms with van der Waals surface area (Å²) in [6, 6.07) is 3.77. The van der Waals surface area contributed by atoms with Crippen LogP contribution in [0.25, 0.3) is 0 Å². The maximum Gasteiger partial charge on any atom is 0.174 e. The van der Waals surface area contributed by atoms with E-state index in [1.165, 1.54) is 0 Å². The molecule has 1 aromatic carbocycles. The van der Waals surface area contributed by atoms with Gasteiger partial charge in [-0.15, -0.1) is 0 Å². The summed E-state index contributed by atoms with van der Waals surface area (Å²) >= 11 is 3.46. The van der Waals surface area contributed by atoms with Gasteiger partial charge in [-0.2, -0.15) is 0 Å². The molecule has 2 atom stereocenters. The summed E-state index contributed by atoms with van der Waals surface area (Å²) in [6.07, 6.45) is 0. The number of rotatable bonds is 5. The molecule has 0 spiro atoms. The second-order valence-corrected chi connectivity index (χ2v) is 8.31. The molecule has 6 heteroatoms. The summed E-state index contributed by atoms with van der Waals surface area (Å²) in [4.78, 5) is 0. The number of hydrogen-bond donors (Lipinski definition) is 1. The minimum Gasteiger partial charge on any atom is -0.493 e. The minimum atomic E-state index is -1.13. The second-order valence-electron chi connectivity index (χ2n) is 5.46. The third-order valence-electron chi connectivity index (χ3n) is 2.80. The molecule has 0 saturated heterocycles. The van der Waals surface area contributed by atoms with Crippen molar-refractivity contribution in [2.45, 2.75) is 38.5 Å². The van der Waals surface area contributed by atoms with E-state index >= 15 is 0 Å². The molecule has 0 aliphatic rings. The molecule has 0 heterocycles. The van der Waals surface area contributed by atoms with Crippen molar-refractivity contribution in [2.75, 3.05) is 14.2 Å². The molecular formula is C14H22BrNO3S. The van der Waals surface area contributed by atoms with Crippen LogP contribution in [0.5, 0.6) is 11.5 Å². The van der Waals surface area contributed by atoms with E-state index in [9.17, 15) is 4.21 Å². The van der Waals surface area contributed by atoms with E-state index in [2.05, 4.69) is 20.7 Å². The number of benzene rings is 1. The first-order valence-corrected chi connectivity index (χ1v) is 8.24. The van der Waals surface area contributed by atoms with Gasteiger partial charge in [0.05, 0.1) is 34.4 Å². The van der Waals surface area contributed by atoms with Crippen LogP contribution < -0.4 is 14.2 Å². The maximum atomic E-state index is 12.1. The molecule has 0 aromatic heterocycles. The van der Waals surface area contributed by atoms with Crippen molar-refractivity contribution in [3.05, 3.63) is 22.2 Å². The fourth-order valence-corrected chi connectivity index (χ4v) is 3.03. The van der Waals surface area contributed by atoms with Gasteiger partial charge in [0.2, 0.25) is 0 Å². The Kier molecular flexibility index (Phi) is 6.04. The molecule has 0 radical (unpaired) electrons. The van der Waals surface area contributed by atoms with E-state index in [0.717, 1.165) is 10.0 Å².